The number of nitriles is 1. The van der Waals surface area contributed by atoms with Gasteiger partial charge in [-0.1, -0.05) is 12.1 Å². The molecule has 1 heterocycles. The molecule has 17 heavy (non-hydrogen) atoms. The molecule has 5 heteroatoms. The van der Waals surface area contributed by atoms with Gasteiger partial charge in [-0.2, -0.15) is 5.26 Å². The highest BCUT2D eigenvalue weighted by Gasteiger charge is 2.51. The van der Waals surface area contributed by atoms with E-state index in [0.717, 1.165) is 11.1 Å². The van der Waals surface area contributed by atoms with E-state index in [1.54, 1.807) is 18.2 Å². The van der Waals surface area contributed by atoms with E-state index in [1.165, 1.54) is 0 Å². The number of hydrogen-bond donors (Lipinski definition) is 2. The molecule has 3 amide bonds. The minimum Gasteiger partial charge on any atom is -0.319 e. The zero-order chi connectivity index (χ0) is 12.0. The van der Waals surface area contributed by atoms with Crippen LogP contribution in [-0.4, -0.2) is 11.9 Å². The molecular weight excluding hydrogens is 218 g/mol. The minimum atomic E-state index is -0.959. The van der Waals surface area contributed by atoms with Gasteiger partial charge in [-0.3, -0.25) is 10.1 Å². The van der Waals surface area contributed by atoms with Crippen LogP contribution in [-0.2, 0) is 16.8 Å². The van der Waals surface area contributed by atoms with Crippen molar-refractivity contribution in [3.63, 3.8) is 0 Å². The zero-order valence-corrected chi connectivity index (χ0v) is 8.91. The highest BCUT2D eigenvalue weighted by molar-refractivity contribution is 6.08. The molecule has 84 valence electrons. The molecule has 1 saturated heterocycles. The van der Waals surface area contributed by atoms with E-state index in [1.807, 2.05) is 0 Å². The number of nitrogens with one attached hydrogen (secondary N) is 2. The maximum absolute atomic E-state index is 11.9. The number of rotatable bonds is 0. The van der Waals surface area contributed by atoms with E-state index in [2.05, 4.69) is 16.7 Å². The topological polar surface area (TPSA) is 82.0 Å². The second-order valence-electron chi connectivity index (χ2n) is 4.26. The number of carbonyl (C=O) groups excluding carboxylic acids is 2. The Morgan fingerprint density at radius 1 is 1.35 bits per heavy atom. The molecular formula is C12H9N3O2. The largest absolute Gasteiger partial charge is 0.322 e. The lowest BCUT2D eigenvalue weighted by Crippen LogP contribution is -2.41. The van der Waals surface area contributed by atoms with Crippen LogP contribution in [0.25, 0.3) is 0 Å². The summed E-state index contributed by atoms with van der Waals surface area (Å²) in [5.74, 6) is -0.323. The van der Waals surface area contributed by atoms with Crippen LogP contribution in [0.2, 0.25) is 0 Å². The van der Waals surface area contributed by atoms with E-state index >= 15 is 0 Å². The van der Waals surface area contributed by atoms with Gasteiger partial charge >= 0.3 is 6.03 Å². The highest BCUT2D eigenvalue weighted by Crippen LogP contribution is 2.40. The van der Waals surface area contributed by atoms with E-state index < -0.39 is 11.6 Å². The van der Waals surface area contributed by atoms with Gasteiger partial charge in [0.1, 0.15) is 5.54 Å². The van der Waals surface area contributed by atoms with Gasteiger partial charge in [-0.05, 0) is 30.0 Å². The number of amides is 3. The lowest BCUT2D eigenvalue weighted by atomic mass is 9.91. The van der Waals surface area contributed by atoms with Gasteiger partial charge in [0.2, 0.25) is 0 Å². The maximum atomic E-state index is 11.9. The molecule has 0 radical (unpaired) electrons. The van der Waals surface area contributed by atoms with Crippen LogP contribution >= 0.6 is 0 Å². The molecule has 1 aromatic carbocycles. The Morgan fingerprint density at radius 2 is 2.18 bits per heavy atom. The van der Waals surface area contributed by atoms with Crippen molar-refractivity contribution in [3.05, 3.63) is 34.9 Å². The van der Waals surface area contributed by atoms with Crippen molar-refractivity contribution in [1.82, 2.24) is 10.6 Å². The second kappa shape index (κ2) is 3.08. The van der Waals surface area contributed by atoms with E-state index in [4.69, 9.17) is 5.26 Å². The van der Waals surface area contributed by atoms with E-state index in [9.17, 15) is 9.59 Å². The molecule has 0 bridgehead atoms. The second-order valence-corrected chi connectivity index (χ2v) is 4.26. The summed E-state index contributed by atoms with van der Waals surface area (Å²) in [7, 11) is 0. The van der Waals surface area contributed by atoms with Gasteiger partial charge in [-0.25, -0.2) is 4.79 Å². The summed E-state index contributed by atoms with van der Waals surface area (Å²) in [6.07, 6.45) is 1.14. The Labute approximate surface area is 97.4 Å². The number of nitrogens with zero attached hydrogens (tertiary/aromatic N) is 1. The monoisotopic (exact) mass is 227 g/mol. The molecule has 1 aliphatic carbocycles. The number of benzene rings is 1. The molecule has 1 aliphatic heterocycles. The van der Waals surface area contributed by atoms with Crippen LogP contribution in [0.1, 0.15) is 23.1 Å². The number of carbonyl (C=O) groups is 2. The SMILES string of the molecule is N#Cc1cccc2c1CCC21NC(=O)NC1=O. The highest BCUT2D eigenvalue weighted by atomic mass is 16.2. The Morgan fingerprint density at radius 3 is 2.82 bits per heavy atom. The zero-order valence-electron chi connectivity index (χ0n) is 8.91. The molecule has 2 aliphatic rings. The average molecular weight is 227 g/mol. The molecule has 1 spiro atoms. The van der Waals surface area contributed by atoms with Crippen molar-refractivity contribution in [1.29, 1.82) is 5.26 Å². The predicted octanol–water partition coefficient (Wildman–Crippen LogP) is 0.539. The van der Waals surface area contributed by atoms with Crippen LogP contribution in [0.4, 0.5) is 4.79 Å². The lowest BCUT2D eigenvalue weighted by Gasteiger charge is -2.20. The third-order valence-electron chi connectivity index (χ3n) is 3.45. The molecule has 2 N–H and O–H groups in total. The van der Waals surface area contributed by atoms with Crippen LogP contribution in [0.3, 0.4) is 0 Å². The fourth-order valence-corrected chi connectivity index (χ4v) is 2.67. The first kappa shape index (κ1) is 9.85. The van der Waals surface area contributed by atoms with Crippen LogP contribution in [0.15, 0.2) is 18.2 Å². The molecule has 1 atom stereocenters. The minimum absolute atomic E-state index is 0.323. The summed E-state index contributed by atoms with van der Waals surface area (Å²) in [5.41, 5.74) is 1.24. The summed E-state index contributed by atoms with van der Waals surface area (Å²) < 4.78 is 0. The summed E-state index contributed by atoms with van der Waals surface area (Å²) in [6, 6.07) is 6.91. The molecule has 1 aromatic rings. The number of urea groups is 1. The first-order valence-corrected chi connectivity index (χ1v) is 5.33. The molecule has 3 rings (SSSR count). The molecule has 0 aromatic heterocycles. The van der Waals surface area contributed by atoms with Gasteiger partial charge in [0.05, 0.1) is 11.6 Å². The summed E-state index contributed by atoms with van der Waals surface area (Å²) in [5, 5.41) is 13.9. The standard InChI is InChI=1S/C12H9N3O2/c13-6-7-2-1-3-9-8(7)4-5-12(9)10(16)14-11(17)15-12/h1-3H,4-5H2,(H2,14,15,16,17). The molecule has 0 saturated carbocycles. The lowest BCUT2D eigenvalue weighted by molar-refractivity contribution is -0.124. The number of hydrogen-bond acceptors (Lipinski definition) is 3. The van der Waals surface area contributed by atoms with Gasteiger partial charge < -0.3 is 5.32 Å². The van der Waals surface area contributed by atoms with Crippen molar-refractivity contribution in [2.45, 2.75) is 18.4 Å². The molecule has 5 nitrogen and oxygen atoms in total. The van der Waals surface area contributed by atoms with Gasteiger partial charge in [-0.15, -0.1) is 0 Å². The number of fused-ring (bicyclic) bond motifs is 2. The normalized spacial score (nSPS) is 25.4. The van der Waals surface area contributed by atoms with Gasteiger partial charge in [0.25, 0.3) is 5.91 Å². The predicted molar refractivity (Wildman–Crippen MR) is 57.8 cm³/mol. The molecule has 1 fully saturated rings. The van der Waals surface area contributed by atoms with Crippen molar-refractivity contribution < 1.29 is 9.59 Å². The van der Waals surface area contributed by atoms with Crippen molar-refractivity contribution in [3.8, 4) is 6.07 Å². The average Bonchev–Trinajstić information content (AvgIpc) is 2.82. The summed E-state index contributed by atoms with van der Waals surface area (Å²) >= 11 is 0. The Balaban J connectivity index is 2.20. The Kier molecular flexibility index (Phi) is 1.78. The fraction of sp³-hybridized carbons (Fsp3) is 0.250. The Hall–Kier alpha value is -2.35. The van der Waals surface area contributed by atoms with Gasteiger partial charge in [0.15, 0.2) is 0 Å². The van der Waals surface area contributed by atoms with E-state index in [0.29, 0.717) is 18.4 Å². The van der Waals surface area contributed by atoms with Crippen molar-refractivity contribution >= 4 is 11.9 Å². The van der Waals surface area contributed by atoms with Crippen LogP contribution in [0.5, 0.6) is 0 Å². The first-order valence-electron chi connectivity index (χ1n) is 5.33. The summed E-state index contributed by atoms with van der Waals surface area (Å²) in [6.45, 7) is 0. The quantitative estimate of drug-likeness (QED) is 0.634. The maximum Gasteiger partial charge on any atom is 0.322 e. The fourth-order valence-electron chi connectivity index (χ4n) is 2.67. The third-order valence-corrected chi connectivity index (χ3v) is 3.45. The van der Waals surface area contributed by atoms with Crippen LogP contribution in [0, 0.1) is 11.3 Å². The smallest absolute Gasteiger partial charge is 0.319 e. The van der Waals surface area contributed by atoms with Gasteiger partial charge in [0, 0.05) is 0 Å². The summed E-state index contributed by atoms with van der Waals surface area (Å²) in [4.78, 5) is 23.2. The molecule has 1 unspecified atom stereocenters. The van der Waals surface area contributed by atoms with Crippen LogP contribution < -0.4 is 10.6 Å². The van der Waals surface area contributed by atoms with E-state index in [-0.39, 0.29) is 5.91 Å². The Bertz CT molecular complexity index is 588. The first-order chi connectivity index (χ1) is 8.17. The van der Waals surface area contributed by atoms with Crippen molar-refractivity contribution in [2.75, 3.05) is 0 Å². The number of imide groups is 1. The third kappa shape index (κ3) is 1.12. The van der Waals surface area contributed by atoms with Crippen molar-refractivity contribution in [2.24, 2.45) is 0 Å².